The Bertz CT molecular complexity index is 400. The van der Waals surface area contributed by atoms with Crippen molar-refractivity contribution in [2.24, 2.45) is 0 Å². The number of halogens is 4. The summed E-state index contributed by atoms with van der Waals surface area (Å²) in [5.74, 6) is -1.75. The smallest absolute Gasteiger partial charge is 0.313 e. The van der Waals surface area contributed by atoms with Crippen LogP contribution in [0.1, 0.15) is 15.9 Å². The first kappa shape index (κ1) is 12.6. The van der Waals surface area contributed by atoms with Crippen molar-refractivity contribution in [1.29, 1.82) is 0 Å². The number of hydrogen-bond acceptors (Lipinski definition) is 2. The maximum absolute atomic E-state index is 13.2. The summed E-state index contributed by atoms with van der Waals surface area (Å²) < 4.78 is 49.8. The molecule has 16 heavy (non-hydrogen) atoms. The molecule has 0 aliphatic rings. The summed E-state index contributed by atoms with van der Waals surface area (Å²) in [6.07, 6.45) is -4.61. The quantitative estimate of drug-likeness (QED) is 0.643. The third-order valence-corrected chi connectivity index (χ3v) is 1.93. The van der Waals surface area contributed by atoms with E-state index in [2.05, 4.69) is 5.32 Å². The second-order valence-electron chi connectivity index (χ2n) is 3.15. The van der Waals surface area contributed by atoms with E-state index in [1.807, 2.05) is 0 Å². The normalized spacial score (nSPS) is 11.6. The van der Waals surface area contributed by atoms with Crippen LogP contribution in [0.3, 0.4) is 0 Å². The van der Waals surface area contributed by atoms with Crippen molar-refractivity contribution in [2.45, 2.75) is 6.18 Å². The lowest BCUT2D eigenvalue weighted by Gasteiger charge is -2.08. The topological polar surface area (TPSA) is 29.1 Å². The van der Waals surface area contributed by atoms with Gasteiger partial charge in [0.1, 0.15) is 5.82 Å². The summed E-state index contributed by atoms with van der Waals surface area (Å²) >= 11 is 0. The fourth-order valence-electron chi connectivity index (χ4n) is 1.17. The summed E-state index contributed by atoms with van der Waals surface area (Å²) in [7, 11) is 1.49. The van der Waals surface area contributed by atoms with Crippen LogP contribution in [-0.2, 0) is 6.18 Å². The average molecular weight is 235 g/mol. The molecule has 0 spiro atoms. The number of ketones is 1. The highest BCUT2D eigenvalue weighted by atomic mass is 19.4. The molecular formula is C10H9F4NO. The van der Waals surface area contributed by atoms with E-state index in [1.165, 1.54) is 7.05 Å². The third-order valence-electron chi connectivity index (χ3n) is 1.93. The summed E-state index contributed by atoms with van der Waals surface area (Å²) in [6, 6.07) is 1.85. The van der Waals surface area contributed by atoms with E-state index >= 15 is 0 Å². The Morgan fingerprint density at radius 3 is 2.44 bits per heavy atom. The van der Waals surface area contributed by atoms with E-state index in [9.17, 15) is 22.4 Å². The van der Waals surface area contributed by atoms with Gasteiger partial charge in [-0.15, -0.1) is 0 Å². The van der Waals surface area contributed by atoms with Gasteiger partial charge in [0.2, 0.25) is 0 Å². The average Bonchev–Trinajstić information content (AvgIpc) is 2.16. The molecule has 0 heterocycles. The number of benzene rings is 1. The minimum atomic E-state index is -4.61. The summed E-state index contributed by atoms with van der Waals surface area (Å²) in [4.78, 5) is 11.2. The molecule has 0 amide bonds. The van der Waals surface area contributed by atoms with Crippen LogP contribution in [0, 0.1) is 5.82 Å². The second-order valence-corrected chi connectivity index (χ2v) is 3.15. The van der Waals surface area contributed by atoms with Crippen LogP contribution >= 0.6 is 0 Å². The lowest BCUT2D eigenvalue weighted by molar-refractivity contribution is -0.137. The predicted molar refractivity (Wildman–Crippen MR) is 49.7 cm³/mol. The number of carbonyl (C=O) groups excluding carboxylic acids is 1. The van der Waals surface area contributed by atoms with Gasteiger partial charge in [-0.3, -0.25) is 4.79 Å². The Morgan fingerprint density at radius 2 is 2.00 bits per heavy atom. The number of Topliss-reactive ketones (excluding diaryl/α,β-unsaturated/α-hetero) is 1. The molecule has 1 rings (SSSR count). The Kier molecular flexibility index (Phi) is 3.64. The molecule has 0 saturated heterocycles. The number of likely N-dealkylation sites (N-methyl/N-ethyl adjacent to an activating group) is 1. The molecule has 0 aromatic heterocycles. The SMILES string of the molecule is CNCC(=O)c1ccc(C(F)(F)F)cc1F. The molecular weight excluding hydrogens is 226 g/mol. The van der Waals surface area contributed by atoms with Crippen molar-refractivity contribution in [3.63, 3.8) is 0 Å². The zero-order valence-electron chi connectivity index (χ0n) is 8.36. The van der Waals surface area contributed by atoms with E-state index in [1.54, 1.807) is 0 Å². The molecule has 1 aromatic rings. The van der Waals surface area contributed by atoms with Crippen molar-refractivity contribution >= 4 is 5.78 Å². The standard InChI is InChI=1S/C10H9F4NO/c1-15-5-9(16)7-3-2-6(4-8(7)11)10(12,13)14/h2-4,15H,5H2,1H3. The molecule has 0 radical (unpaired) electrons. The largest absolute Gasteiger partial charge is 0.416 e. The van der Waals surface area contributed by atoms with Crippen molar-refractivity contribution in [2.75, 3.05) is 13.6 Å². The van der Waals surface area contributed by atoms with E-state index in [0.29, 0.717) is 12.1 Å². The Labute approximate surface area is 89.3 Å². The first-order chi connectivity index (χ1) is 7.36. The van der Waals surface area contributed by atoms with Gasteiger partial charge in [0.25, 0.3) is 0 Å². The zero-order valence-corrected chi connectivity index (χ0v) is 8.36. The minimum Gasteiger partial charge on any atom is -0.313 e. The maximum atomic E-state index is 13.2. The molecule has 88 valence electrons. The van der Waals surface area contributed by atoms with Crippen molar-refractivity contribution < 1.29 is 22.4 Å². The van der Waals surface area contributed by atoms with Gasteiger partial charge in [0.15, 0.2) is 5.78 Å². The first-order valence-electron chi connectivity index (χ1n) is 4.41. The molecule has 1 N–H and O–H groups in total. The van der Waals surface area contributed by atoms with Crippen molar-refractivity contribution in [3.8, 4) is 0 Å². The van der Waals surface area contributed by atoms with Crippen LogP contribution in [-0.4, -0.2) is 19.4 Å². The number of carbonyl (C=O) groups is 1. The number of alkyl halides is 3. The van der Waals surface area contributed by atoms with Gasteiger partial charge in [-0.2, -0.15) is 13.2 Å². The molecule has 6 heteroatoms. The van der Waals surface area contributed by atoms with Crippen LogP contribution < -0.4 is 5.32 Å². The van der Waals surface area contributed by atoms with E-state index in [4.69, 9.17) is 0 Å². The molecule has 0 fully saturated rings. The minimum absolute atomic E-state index is 0.123. The first-order valence-corrected chi connectivity index (χ1v) is 4.41. The van der Waals surface area contributed by atoms with E-state index in [0.717, 1.165) is 6.07 Å². The molecule has 0 saturated carbocycles. The molecule has 0 bridgehead atoms. The Hall–Kier alpha value is -1.43. The van der Waals surface area contributed by atoms with Gasteiger partial charge >= 0.3 is 6.18 Å². The van der Waals surface area contributed by atoms with Crippen LogP contribution in [0.2, 0.25) is 0 Å². The highest BCUT2D eigenvalue weighted by molar-refractivity contribution is 5.97. The van der Waals surface area contributed by atoms with Gasteiger partial charge in [0.05, 0.1) is 17.7 Å². The van der Waals surface area contributed by atoms with Gasteiger partial charge in [-0.05, 0) is 25.2 Å². The number of nitrogens with one attached hydrogen (secondary N) is 1. The summed E-state index contributed by atoms with van der Waals surface area (Å²) in [6.45, 7) is -0.123. The van der Waals surface area contributed by atoms with Crippen LogP contribution in [0.25, 0.3) is 0 Å². The fraction of sp³-hybridized carbons (Fsp3) is 0.300. The summed E-state index contributed by atoms with van der Waals surface area (Å²) in [5, 5.41) is 2.50. The van der Waals surface area contributed by atoms with Crippen molar-refractivity contribution in [1.82, 2.24) is 5.32 Å². The van der Waals surface area contributed by atoms with E-state index in [-0.39, 0.29) is 12.1 Å². The molecule has 0 aliphatic heterocycles. The highest BCUT2D eigenvalue weighted by Crippen LogP contribution is 2.30. The van der Waals surface area contributed by atoms with Gasteiger partial charge in [-0.25, -0.2) is 4.39 Å². The van der Waals surface area contributed by atoms with Crippen molar-refractivity contribution in [3.05, 3.63) is 35.1 Å². The van der Waals surface area contributed by atoms with Gasteiger partial charge in [-0.1, -0.05) is 0 Å². The number of rotatable bonds is 3. The Balaban J connectivity index is 3.05. The zero-order chi connectivity index (χ0) is 12.3. The van der Waals surface area contributed by atoms with Crippen LogP contribution in [0.5, 0.6) is 0 Å². The monoisotopic (exact) mass is 235 g/mol. The van der Waals surface area contributed by atoms with E-state index < -0.39 is 23.3 Å². The maximum Gasteiger partial charge on any atom is 0.416 e. The lowest BCUT2D eigenvalue weighted by atomic mass is 10.1. The second kappa shape index (κ2) is 4.61. The molecule has 0 aliphatic carbocycles. The number of hydrogen-bond donors (Lipinski definition) is 1. The lowest BCUT2D eigenvalue weighted by Crippen LogP contribution is -2.20. The summed E-state index contributed by atoms with van der Waals surface area (Å²) in [5.41, 5.74) is -1.45. The van der Waals surface area contributed by atoms with Gasteiger partial charge in [0, 0.05) is 0 Å². The third kappa shape index (κ3) is 2.79. The van der Waals surface area contributed by atoms with Crippen LogP contribution in [0.15, 0.2) is 18.2 Å². The molecule has 0 atom stereocenters. The predicted octanol–water partition coefficient (Wildman–Crippen LogP) is 2.25. The molecule has 1 aromatic carbocycles. The van der Waals surface area contributed by atoms with Crippen LogP contribution in [0.4, 0.5) is 17.6 Å². The van der Waals surface area contributed by atoms with Gasteiger partial charge < -0.3 is 5.32 Å². The molecule has 2 nitrogen and oxygen atoms in total. The molecule has 0 unspecified atom stereocenters. The Morgan fingerprint density at radius 1 is 1.38 bits per heavy atom. The fourth-order valence-corrected chi connectivity index (χ4v) is 1.17. The highest BCUT2D eigenvalue weighted by Gasteiger charge is 2.31.